The highest BCUT2D eigenvalue weighted by molar-refractivity contribution is 7.98. The molecular formula is C12H18ClNOS. The van der Waals surface area contributed by atoms with Crippen molar-refractivity contribution in [3.8, 4) is 5.75 Å². The summed E-state index contributed by atoms with van der Waals surface area (Å²) in [6, 6.07) is 4.49. The number of hydrogen-bond donors (Lipinski definition) is 1. The molecule has 16 heavy (non-hydrogen) atoms. The van der Waals surface area contributed by atoms with E-state index in [2.05, 4.69) is 23.7 Å². The highest BCUT2D eigenvalue weighted by Crippen LogP contribution is 2.31. The fourth-order valence-corrected chi connectivity index (χ4v) is 2.60. The van der Waals surface area contributed by atoms with Gasteiger partial charge >= 0.3 is 0 Å². The van der Waals surface area contributed by atoms with Crippen molar-refractivity contribution in [2.45, 2.75) is 17.7 Å². The van der Waals surface area contributed by atoms with E-state index in [-0.39, 0.29) is 12.4 Å². The Morgan fingerprint density at radius 3 is 2.38 bits per heavy atom. The Labute approximate surface area is 108 Å². The molecule has 0 saturated heterocycles. The molecule has 0 amide bonds. The molecule has 0 fully saturated rings. The number of thioether (sulfide) groups is 1. The molecule has 0 saturated carbocycles. The lowest BCUT2D eigenvalue weighted by molar-refractivity contribution is 0.404. The molecule has 0 atom stereocenters. The molecule has 1 N–H and O–H groups in total. The third-order valence-electron chi connectivity index (χ3n) is 2.85. The van der Waals surface area contributed by atoms with Crippen LogP contribution in [-0.2, 0) is 12.8 Å². The molecule has 4 heteroatoms. The summed E-state index contributed by atoms with van der Waals surface area (Å²) in [5.41, 5.74) is 2.92. The first-order valence-electron chi connectivity index (χ1n) is 5.29. The lowest BCUT2D eigenvalue weighted by atomic mass is 10.0. The zero-order valence-electron chi connectivity index (χ0n) is 9.71. The van der Waals surface area contributed by atoms with Crippen molar-refractivity contribution in [3.05, 3.63) is 23.3 Å². The van der Waals surface area contributed by atoms with Gasteiger partial charge in [0, 0.05) is 4.90 Å². The van der Waals surface area contributed by atoms with Crippen molar-refractivity contribution in [3.63, 3.8) is 0 Å². The van der Waals surface area contributed by atoms with Gasteiger partial charge in [0.15, 0.2) is 0 Å². The van der Waals surface area contributed by atoms with Gasteiger partial charge in [0.25, 0.3) is 0 Å². The van der Waals surface area contributed by atoms with Gasteiger partial charge in [-0.3, -0.25) is 0 Å². The number of hydrogen-bond acceptors (Lipinski definition) is 3. The second kappa shape index (κ2) is 6.38. The quantitative estimate of drug-likeness (QED) is 0.825. The normalized spacial score (nSPS) is 14.6. The lowest BCUT2D eigenvalue weighted by Gasteiger charge is -2.12. The Bertz CT molecular complexity index is 324. The fourth-order valence-electron chi connectivity index (χ4n) is 2.00. The number of halogens is 1. The zero-order valence-corrected chi connectivity index (χ0v) is 11.3. The van der Waals surface area contributed by atoms with Crippen LogP contribution < -0.4 is 10.1 Å². The van der Waals surface area contributed by atoms with Crippen LogP contribution >= 0.6 is 24.2 Å². The Morgan fingerprint density at radius 2 is 1.81 bits per heavy atom. The molecule has 2 nitrogen and oxygen atoms in total. The van der Waals surface area contributed by atoms with Gasteiger partial charge in [0.2, 0.25) is 0 Å². The predicted octanol–water partition coefficient (Wildman–Crippen LogP) is 2.53. The second-order valence-electron chi connectivity index (χ2n) is 3.73. The van der Waals surface area contributed by atoms with Gasteiger partial charge in [-0.25, -0.2) is 0 Å². The number of nitrogens with one attached hydrogen (secondary N) is 1. The van der Waals surface area contributed by atoms with Crippen LogP contribution in [-0.4, -0.2) is 26.5 Å². The number of rotatable bonds is 2. The van der Waals surface area contributed by atoms with E-state index < -0.39 is 0 Å². The smallest absolute Gasteiger partial charge is 0.132 e. The third kappa shape index (κ3) is 2.84. The van der Waals surface area contributed by atoms with Crippen LogP contribution in [0.15, 0.2) is 17.0 Å². The van der Waals surface area contributed by atoms with E-state index in [9.17, 15) is 0 Å². The van der Waals surface area contributed by atoms with Gasteiger partial charge in [-0.2, -0.15) is 0 Å². The van der Waals surface area contributed by atoms with Gasteiger partial charge in [-0.15, -0.1) is 24.2 Å². The maximum absolute atomic E-state index is 5.40. The van der Waals surface area contributed by atoms with Crippen LogP contribution in [0.1, 0.15) is 11.1 Å². The van der Waals surface area contributed by atoms with Crippen LogP contribution in [0, 0.1) is 0 Å². The molecule has 1 heterocycles. The van der Waals surface area contributed by atoms with Crippen LogP contribution in [0.25, 0.3) is 0 Å². The molecule has 1 aliphatic heterocycles. The van der Waals surface area contributed by atoms with Crippen LogP contribution in [0.5, 0.6) is 5.75 Å². The Hall–Kier alpha value is -0.380. The molecule has 0 bridgehead atoms. The van der Waals surface area contributed by atoms with Crippen LogP contribution in [0.4, 0.5) is 0 Å². The van der Waals surface area contributed by atoms with E-state index in [0.29, 0.717) is 0 Å². The monoisotopic (exact) mass is 259 g/mol. The van der Waals surface area contributed by atoms with Crippen molar-refractivity contribution in [1.82, 2.24) is 5.32 Å². The van der Waals surface area contributed by atoms with E-state index in [1.54, 1.807) is 18.9 Å². The summed E-state index contributed by atoms with van der Waals surface area (Å²) in [5.74, 6) is 1.02. The van der Waals surface area contributed by atoms with E-state index in [4.69, 9.17) is 4.74 Å². The Kier molecular flexibility index (Phi) is 5.46. The van der Waals surface area contributed by atoms with Gasteiger partial charge in [-0.1, -0.05) is 0 Å². The van der Waals surface area contributed by atoms with Gasteiger partial charge in [0.1, 0.15) is 5.75 Å². The van der Waals surface area contributed by atoms with E-state index >= 15 is 0 Å². The van der Waals surface area contributed by atoms with Crippen molar-refractivity contribution in [2.75, 3.05) is 26.5 Å². The maximum Gasteiger partial charge on any atom is 0.132 e. The molecule has 0 aromatic heterocycles. The minimum atomic E-state index is 0. The molecule has 1 aromatic rings. The maximum atomic E-state index is 5.40. The minimum absolute atomic E-state index is 0. The third-order valence-corrected chi connectivity index (χ3v) is 3.61. The summed E-state index contributed by atoms with van der Waals surface area (Å²) in [6.07, 6.45) is 4.34. The molecular weight excluding hydrogens is 242 g/mol. The predicted molar refractivity (Wildman–Crippen MR) is 72.3 cm³/mol. The number of benzene rings is 1. The molecule has 1 aliphatic rings. The molecule has 2 rings (SSSR count). The number of methoxy groups -OCH3 is 1. The molecule has 0 unspecified atom stereocenters. The fraction of sp³-hybridized carbons (Fsp3) is 0.500. The topological polar surface area (TPSA) is 21.3 Å². The standard InChI is InChI=1S/C12H17NOS.ClH/c1-14-11-7-9-3-5-13-6-4-10(9)8-12(11)15-2;/h7-8,13H,3-6H2,1-2H3;1H. The first-order chi connectivity index (χ1) is 7.35. The van der Waals surface area contributed by atoms with Crippen LogP contribution in [0.3, 0.4) is 0 Å². The summed E-state index contributed by atoms with van der Waals surface area (Å²) in [7, 11) is 1.75. The molecule has 90 valence electrons. The van der Waals surface area contributed by atoms with Gasteiger partial charge in [-0.05, 0) is 55.4 Å². The first kappa shape index (κ1) is 13.7. The van der Waals surface area contributed by atoms with Crippen molar-refractivity contribution < 1.29 is 4.74 Å². The highest BCUT2D eigenvalue weighted by Gasteiger charge is 2.11. The molecule has 0 spiro atoms. The van der Waals surface area contributed by atoms with Gasteiger partial charge < -0.3 is 10.1 Å². The van der Waals surface area contributed by atoms with Crippen molar-refractivity contribution >= 4 is 24.2 Å². The molecule has 0 radical (unpaired) electrons. The van der Waals surface area contributed by atoms with E-state index in [1.807, 2.05) is 0 Å². The van der Waals surface area contributed by atoms with E-state index in [0.717, 1.165) is 31.7 Å². The first-order valence-corrected chi connectivity index (χ1v) is 6.52. The zero-order chi connectivity index (χ0) is 10.7. The summed E-state index contributed by atoms with van der Waals surface area (Å²) < 4.78 is 5.40. The van der Waals surface area contributed by atoms with E-state index in [1.165, 1.54) is 16.0 Å². The van der Waals surface area contributed by atoms with Crippen molar-refractivity contribution in [1.29, 1.82) is 0 Å². The average molecular weight is 260 g/mol. The number of fused-ring (bicyclic) bond motifs is 1. The minimum Gasteiger partial charge on any atom is -0.496 e. The summed E-state index contributed by atoms with van der Waals surface area (Å²) in [6.45, 7) is 2.17. The Balaban J connectivity index is 0.00000128. The average Bonchev–Trinajstić information content (AvgIpc) is 2.51. The Morgan fingerprint density at radius 1 is 1.19 bits per heavy atom. The van der Waals surface area contributed by atoms with Gasteiger partial charge in [0.05, 0.1) is 7.11 Å². The summed E-state index contributed by atoms with van der Waals surface area (Å²) >= 11 is 1.75. The molecule has 0 aliphatic carbocycles. The summed E-state index contributed by atoms with van der Waals surface area (Å²) in [5, 5.41) is 3.42. The largest absolute Gasteiger partial charge is 0.496 e. The number of ether oxygens (including phenoxy) is 1. The van der Waals surface area contributed by atoms with Crippen molar-refractivity contribution in [2.24, 2.45) is 0 Å². The second-order valence-corrected chi connectivity index (χ2v) is 4.57. The van der Waals surface area contributed by atoms with Crippen LogP contribution in [0.2, 0.25) is 0 Å². The SMILES string of the molecule is COc1cc2c(cc1SC)CCNCC2.Cl. The summed E-state index contributed by atoms with van der Waals surface area (Å²) in [4.78, 5) is 1.25. The lowest BCUT2D eigenvalue weighted by Crippen LogP contribution is -2.16. The highest BCUT2D eigenvalue weighted by atomic mass is 35.5. The molecule has 1 aromatic carbocycles.